The number of nitrogens with two attached hydrogens (primary N) is 5. The zero-order valence-corrected chi connectivity index (χ0v) is 79.4. The second-order valence-corrected chi connectivity index (χ2v) is 34.2. The Morgan fingerprint density at radius 3 is 0.932 bits per heavy atom. The van der Waals surface area contributed by atoms with Crippen LogP contribution in [0.25, 0.3) is 84.3 Å². The van der Waals surface area contributed by atoms with E-state index in [0.717, 1.165) is 86.8 Å². The molecule has 0 amide bonds. The summed E-state index contributed by atoms with van der Waals surface area (Å²) in [4.78, 5) is 65.7. The van der Waals surface area contributed by atoms with Crippen molar-refractivity contribution in [2.45, 2.75) is 101 Å². The van der Waals surface area contributed by atoms with Crippen LogP contribution in [0.2, 0.25) is 20.1 Å². The van der Waals surface area contributed by atoms with Crippen LogP contribution in [0.3, 0.4) is 0 Å². The van der Waals surface area contributed by atoms with Gasteiger partial charge in [-0.1, -0.05) is 94.0 Å². The molecule has 132 heavy (non-hydrogen) atoms. The smallest absolute Gasteiger partial charge is 0.207 e. The Kier molecular flexibility index (Phi) is 30.9. The minimum atomic E-state index is 0.230. The predicted octanol–water partition coefficient (Wildman–Crippen LogP) is 16.9. The normalized spacial score (nSPS) is 12.0. The van der Waals surface area contributed by atoms with Gasteiger partial charge in [-0.25, -0.2) is 74.8 Å². The van der Waals surface area contributed by atoms with E-state index in [9.17, 15) is 0 Å². The Hall–Kier alpha value is -14.1. The number of benzene rings is 7. The molecule has 0 unspecified atom stereocenters. The van der Waals surface area contributed by atoms with Crippen molar-refractivity contribution in [3.8, 4) is 40.6 Å². The topological polar surface area (TPSA) is 463 Å². The van der Waals surface area contributed by atoms with Gasteiger partial charge in [0.15, 0.2) is 11.5 Å². The van der Waals surface area contributed by atoms with Crippen LogP contribution in [-0.2, 0) is 0 Å². The van der Waals surface area contributed by atoms with Gasteiger partial charge in [0, 0.05) is 102 Å². The Morgan fingerprint density at radius 1 is 0.311 bits per heavy atom. The van der Waals surface area contributed by atoms with Crippen molar-refractivity contribution >= 4 is 172 Å². The maximum absolute atomic E-state index is 6.20. The van der Waals surface area contributed by atoms with Crippen LogP contribution in [0, 0.1) is 59.3 Å². The van der Waals surface area contributed by atoms with Gasteiger partial charge in [-0.15, -0.1) is 0 Å². The van der Waals surface area contributed by atoms with Crippen molar-refractivity contribution in [2.75, 3.05) is 110 Å². The highest BCUT2D eigenvalue weighted by Gasteiger charge is 2.24. The van der Waals surface area contributed by atoms with Gasteiger partial charge >= 0.3 is 0 Å². The van der Waals surface area contributed by atoms with Crippen molar-refractivity contribution in [3.63, 3.8) is 0 Å². The number of nitrogen functional groups attached to an aromatic ring is 5. The lowest BCUT2D eigenvalue weighted by atomic mass is 10.0. The average molecular weight is 1860 g/mol. The summed E-state index contributed by atoms with van der Waals surface area (Å²) in [6.07, 6.45) is 7.56. The zero-order valence-electron chi connectivity index (χ0n) is 76.4. The van der Waals surface area contributed by atoms with Crippen molar-refractivity contribution in [2.24, 2.45) is 17.8 Å². The van der Waals surface area contributed by atoms with E-state index in [-0.39, 0.29) is 18.1 Å². The maximum Gasteiger partial charge on any atom is 0.207 e. The van der Waals surface area contributed by atoms with Crippen molar-refractivity contribution < 1.29 is 9.47 Å². The highest BCUT2D eigenvalue weighted by Crippen LogP contribution is 2.37. The van der Waals surface area contributed by atoms with Crippen LogP contribution in [0.15, 0.2) is 171 Å². The quantitative estimate of drug-likeness (QED) is 0.0239. The Morgan fingerprint density at radius 2 is 0.598 bits per heavy atom. The molecular weight excluding hydrogens is 1750 g/mol. The molecule has 0 saturated heterocycles. The number of hydrogen-bond donors (Lipinski definition) is 13. The number of aromatic nitrogens is 20. The lowest BCUT2D eigenvalue weighted by Crippen LogP contribution is -2.35. The molecule has 0 bridgehead atoms. The van der Waals surface area contributed by atoms with E-state index in [2.05, 4.69) is 225 Å². The van der Waals surface area contributed by atoms with E-state index in [1.807, 2.05) is 132 Å². The number of hydrogen-bond acceptors (Lipinski definition) is 30. The molecule has 0 aliphatic heterocycles. The van der Waals surface area contributed by atoms with Crippen molar-refractivity contribution in [1.82, 2.24) is 114 Å². The number of fused-ring (bicyclic) bond motifs is 5. The number of likely N-dealkylation sites (N-methyl/N-ethyl adjacent to an activating group) is 3. The molecule has 0 aliphatic rings. The third-order valence-corrected chi connectivity index (χ3v) is 23.3. The predicted molar refractivity (Wildman–Crippen MR) is 535 cm³/mol. The van der Waals surface area contributed by atoms with E-state index in [4.69, 9.17) is 84.5 Å². The Balaban J connectivity index is 0.000000140. The largest absolute Gasteiger partial charge is 0.493 e. The highest BCUT2D eigenvalue weighted by atomic mass is 35.5. The minimum absolute atomic E-state index is 0.230. The summed E-state index contributed by atoms with van der Waals surface area (Å²) in [7, 11) is 8.99. The average Bonchev–Trinajstić information content (AvgIpc) is 1.65. The first-order valence-corrected chi connectivity index (χ1v) is 44.0. The number of nitrogens with one attached hydrogen (secondary N) is 8. The third kappa shape index (κ3) is 22.5. The fraction of sp³-hybridized carbons (Fsp3) is 0.280. The molecule has 0 saturated carbocycles. The molecule has 0 fully saturated rings. The molecule has 0 radical (unpaired) electrons. The van der Waals surface area contributed by atoms with Gasteiger partial charge < -0.3 is 80.7 Å². The van der Waals surface area contributed by atoms with E-state index in [1.165, 1.54) is 58.7 Å². The van der Waals surface area contributed by atoms with Gasteiger partial charge in [0.1, 0.15) is 89.8 Å². The number of aryl methyl sites for hydroxylation is 6. The van der Waals surface area contributed by atoms with E-state index >= 15 is 0 Å². The lowest BCUT2D eigenvalue weighted by molar-refractivity contribution is 0.355. The molecule has 17 aromatic rings. The molecule has 10 heterocycles. The molecule has 10 aromatic heterocycles. The summed E-state index contributed by atoms with van der Waals surface area (Å²) >= 11 is 24.2. The molecule has 17 rings (SSSR count). The van der Waals surface area contributed by atoms with Gasteiger partial charge in [-0.2, -0.15) is 0 Å². The SMILES string of the molecule is CNC[C@@H](Nc1cc(-n2c(N)nc3cc(C)c(C)cc32)ncn1)C(C)C.CNC[C@@H](Nc1cc(-n2c(N)nc3cc(Cl)c(Cl)cc32)ncn1)C(C)C.CNC[C@@H](Nc1cc(-n2c(N)nc3cc(OC)c(OC)cc32)ncn1)C(C)C.Cc1cc2nc(N)n(-c3cc(Nc4ccc(Cl)cc4)ncn3)c2cc1C.Cc1cc2nc(N)n(-c3cc(Nc4cccc(Cl)c4)ncn3)c2cc1C. The molecule has 35 nitrogen and oxygen atoms in total. The highest BCUT2D eigenvalue weighted by molar-refractivity contribution is 6.42. The first kappa shape index (κ1) is 95.5. The van der Waals surface area contributed by atoms with Crippen LogP contribution in [0.1, 0.15) is 74.9 Å². The number of halogens is 4. The fourth-order valence-electron chi connectivity index (χ4n) is 14.5. The molecular formula is C93H109Cl4N33O2. The van der Waals surface area contributed by atoms with Crippen LogP contribution in [0.5, 0.6) is 11.5 Å². The summed E-state index contributed by atoms with van der Waals surface area (Å²) in [6.45, 7) is 27.9. The van der Waals surface area contributed by atoms with Gasteiger partial charge in [0.05, 0.1) is 79.4 Å². The summed E-state index contributed by atoms with van der Waals surface area (Å²) in [5, 5.41) is 28.6. The summed E-state index contributed by atoms with van der Waals surface area (Å²) in [5.74, 6) is 11.1. The summed E-state index contributed by atoms with van der Waals surface area (Å²) in [5.41, 5.74) is 47.8. The maximum atomic E-state index is 6.20. The van der Waals surface area contributed by atoms with Gasteiger partial charge in [0.2, 0.25) is 29.7 Å². The molecule has 39 heteroatoms. The zero-order chi connectivity index (χ0) is 94.5. The molecule has 18 N–H and O–H groups in total. The number of ether oxygens (including phenoxy) is 2. The Labute approximate surface area is 784 Å². The van der Waals surface area contributed by atoms with E-state index in [0.29, 0.717) is 137 Å². The van der Waals surface area contributed by atoms with Crippen LogP contribution in [0.4, 0.5) is 70.2 Å². The summed E-state index contributed by atoms with van der Waals surface area (Å²) < 4.78 is 19.8. The number of methoxy groups -OCH3 is 2. The molecule has 7 aromatic carbocycles. The summed E-state index contributed by atoms with van der Waals surface area (Å²) in [6, 6.07) is 44.3. The molecule has 686 valence electrons. The molecule has 0 spiro atoms. The number of nitrogens with zero attached hydrogens (tertiary/aromatic N) is 20. The van der Waals surface area contributed by atoms with Crippen LogP contribution in [-0.4, -0.2) is 171 Å². The third-order valence-electron chi connectivity index (χ3n) is 22.1. The second kappa shape index (κ2) is 42.7. The monoisotopic (exact) mass is 1860 g/mol. The van der Waals surface area contributed by atoms with Gasteiger partial charge in [0.25, 0.3) is 0 Å². The second-order valence-electron chi connectivity index (χ2n) is 32.5. The fourth-order valence-corrected chi connectivity index (χ4v) is 15.1. The van der Waals surface area contributed by atoms with E-state index < -0.39 is 0 Å². The van der Waals surface area contributed by atoms with Crippen LogP contribution < -0.4 is 80.7 Å². The first-order chi connectivity index (χ1) is 63.3. The van der Waals surface area contributed by atoms with E-state index in [1.54, 1.807) is 47.9 Å². The standard InChI is InChI=1S/2C19H17ClN6.C19H27N7O2.C19H27N7.C17H21Cl2N7/c1-11-7-15-16(8-12(11)2)26(19(21)25-15)18-9-17(22-10-23-18)24-14-5-3-13(20)4-6-14;1-11-6-15-16(7-12(11)2)26(19(21)25-15)18-9-17(22-10-23-18)24-14-5-3-4-13(20)8-14;1-11(2)13(9-21-3)24-17-8-18(23-10-22-17)26-14-7-16(28-5)15(27-4)6-12(14)25-19(26)20;1-11(2)15(9-21-5)24-17-8-18(23-10-22-17)26-16-7-13(4)12(3)6-14(16)25-19(26)20;1-9(2)13(7-21-3)24-15-6-16(23-8-22-15)26-14-5-11(19)10(18)4-12(14)25-17(26)20/h2*3-10H,1-2H3,(H2,21,25)(H,22,23,24);6-8,10-11,13,21H,9H2,1-5H3,(H2,20,25)(H,22,23,24);6-8,10-11,15,21H,9H2,1-5H3,(H2,20,25)(H,22,23,24);4-6,8-9,13,21H,7H2,1-3H3,(H2,20,25)(H,22,23,24)/t;;13-;15-;13-/m..111/s1. The lowest BCUT2D eigenvalue weighted by Gasteiger charge is -2.22. The molecule has 3 atom stereocenters. The van der Waals surface area contributed by atoms with Crippen molar-refractivity contribution in [1.29, 1.82) is 0 Å². The number of anilines is 12. The van der Waals surface area contributed by atoms with Gasteiger partial charge in [-0.3, -0.25) is 22.8 Å². The van der Waals surface area contributed by atoms with Crippen LogP contribution >= 0.6 is 46.4 Å². The minimum Gasteiger partial charge on any atom is -0.493 e. The number of imidazole rings is 5. The van der Waals surface area contributed by atoms with Crippen molar-refractivity contribution in [3.05, 3.63) is 225 Å². The molecule has 0 aliphatic carbocycles. The number of rotatable bonds is 26. The van der Waals surface area contributed by atoms with Gasteiger partial charge in [-0.05, 0) is 205 Å². The Bertz CT molecular complexity index is 6760. The first-order valence-electron chi connectivity index (χ1n) is 42.5.